The third kappa shape index (κ3) is 5.00. The maximum atomic E-state index is 12.0. The molecule has 1 fully saturated rings. The van der Waals surface area contributed by atoms with Gasteiger partial charge in [0, 0.05) is 19.6 Å². The summed E-state index contributed by atoms with van der Waals surface area (Å²) in [6.45, 7) is 2.90. The Kier molecular flexibility index (Phi) is 5.55. The van der Waals surface area contributed by atoms with Crippen molar-refractivity contribution in [1.29, 1.82) is 0 Å². The van der Waals surface area contributed by atoms with E-state index in [0.717, 1.165) is 18.7 Å². The van der Waals surface area contributed by atoms with Crippen LogP contribution in [0.4, 0.5) is 0 Å². The van der Waals surface area contributed by atoms with Crippen LogP contribution in [-0.2, 0) is 16.0 Å². The van der Waals surface area contributed by atoms with Crippen LogP contribution in [0.5, 0.6) is 5.75 Å². The van der Waals surface area contributed by atoms with Crippen LogP contribution in [0, 0.1) is 0 Å². The second-order valence-electron chi connectivity index (χ2n) is 5.48. The van der Waals surface area contributed by atoms with Crippen LogP contribution in [0.1, 0.15) is 5.56 Å². The van der Waals surface area contributed by atoms with Gasteiger partial charge in [-0.1, -0.05) is 12.1 Å². The first-order chi connectivity index (χ1) is 10.0. The van der Waals surface area contributed by atoms with Crippen molar-refractivity contribution in [3.63, 3.8) is 0 Å². The lowest BCUT2D eigenvalue weighted by Crippen LogP contribution is -2.49. The van der Waals surface area contributed by atoms with Gasteiger partial charge in [-0.05, 0) is 31.2 Å². The summed E-state index contributed by atoms with van der Waals surface area (Å²) in [4.78, 5) is 14.2. The van der Waals surface area contributed by atoms with Crippen molar-refractivity contribution in [2.45, 2.75) is 18.6 Å². The fourth-order valence-corrected chi connectivity index (χ4v) is 2.31. The van der Waals surface area contributed by atoms with E-state index in [4.69, 9.17) is 10.5 Å². The van der Waals surface area contributed by atoms with E-state index in [0.29, 0.717) is 19.6 Å². The highest BCUT2D eigenvalue weighted by Gasteiger charge is 2.20. The molecule has 1 amide bonds. The number of likely N-dealkylation sites (N-methyl/N-ethyl adjacent to an activating group) is 1. The summed E-state index contributed by atoms with van der Waals surface area (Å²) in [6, 6.07) is 6.11. The van der Waals surface area contributed by atoms with Gasteiger partial charge in [0.25, 0.3) is 0 Å². The van der Waals surface area contributed by atoms with Crippen LogP contribution in [0.15, 0.2) is 24.3 Å². The van der Waals surface area contributed by atoms with E-state index in [1.807, 2.05) is 7.05 Å². The number of phenolic OH excluding ortho intramolecular Hbond substituents is 1. The van der Waals surface area contributed by atoms with Gasteiger partial charge in [0.15, 0.2) is 0 Å². The average Bonchev–Trinajstić information content (AvgIpc) is 2.47. The largest absolute Gasteiger partial charge is 0.508 e. The number of phenols is 1. The number of morpholine rings is 1. The first-order valence-electron chi connectivity index (χ1n) is 7.16. The molecule has 0 aliphatic carbocycles. The van der Waals surface area contributed by atoms with Gasteiger partial charge >= 0.3 is 0 Å². The molecular formula is C15H23N3O3. The molecule has 1 saturated heterocycles. The number of carbonyl (C=O) groups is 1. The number of aromatic hydroxyl groups is 1. The Morgan fingerprint density at radius 3 is 2.90 bits per heavy atom. The quantitative estimate of drug-likeness (QED) is 0.694. The molecule has 1 aromatic rings. The molecule has 0 bridgehead atoms. The lowest BCUT2D eigenvalue weighted by molar-refractivity contribution is -0.123. The summed E-state index contributed by atoms with van der Waals surface area (Å²) in [5, 5.41) is 12.1. The molecule has 6 nitrogen and oxygen atoms in total. The minimum atomic E-state index is -0.601. The third-order valence-corrected chi connectivity index (χ3v) is 3.57. The van der Waals surface area contributed by atoms with Gasteiger partial charge in [-0.25, -0.2) is 0 Å². The number of amides is 1. The maximum Gasteiger partial charge on any atom is 0.237 e. The highest BCUT2D eigenvalue weighted by Crippen LogP contribution is 2.11. The van der Waals surface area contributed by atoms with Crippen LogP contribution in [0.3, 0.4) is 0 Å². The molecule has 0 saturated carbocycles. The SMILES string of the molecule is CN1CCOC(CNC(=O)C(N)Cc2ccc(O)cc2)C1. The van der Waals surface area contributed by atoms with Gasteiger partial charge in [0.1, 0.15) is 5.75 Å². The van der Waals surface area contributed by atoms with Crippen molar-refractivity contribution in [3.05, 3.63) is 29.8 Å². The molecule has 116 valence electrons. The summed E-state index contributed by atoms with van der Waals surface area (Å²) >= 11 is 0. The molecule has 1 aromatic carbocycles. The fourth-order valence-electron chi connectivity index (χ4n) is 2.31. The molecule has 4 N–H and O–H groups in total. The second-order valence-corrected chi connectivity index (χ2v) is 5.48. The van der Waals surface area contributed by atoms with Crippen LogP contribution < -0.4 is 11.1 Å². The number of nitrogens with one attached hydrogen (secondary N) is 1. The first-order valence-corrected chi connectivity index (χ1v) is 7.16. The molecule has 1 aliphatic heterocycles. The predicted octanol–water partition coefficient (Wildman–Crippen LogP) is -0.291. The molecule has 2 unspecified atom stereocenters. The second kappa shape index (κ2) is 7.40. The molecule has 2 rings (SSSR count). The Morgan fingerprint density at radius 1 is 1.52 bits per heavy atom. The van der Waals surface area contributed by atoms with Crippen molar-refractivity contribution in [1.82, 2.24) is 10.2 Å². The minimum Gasteiger partial charge on any atom is -0.508 e. The summed E-state index contributed by atoms with van der Waals surface area (Å²) in [5.41, 5.74) is 6.82. The minimum absolute atomic E-state index is 0.0218. The van der Waals surface area contributed by atoms with E-state index in [1.54, 1.807) is 24.3 Å². The van der Waals surface area contributed by atoms with E-state index in [-0.39, 0.29) is 17.8 Å². The lowest BCUT2D eigenvalue weighted by Gasteiger charge is -2.30. The van der Waals surface area contributed by atoms with Crippen molar-refractivity contribution in [2.24, 2.45) is 5.73 Å². The number of benzene rings is 1. The van der Waals surface area contributed by atoms with Crippen LogP contribution in [-0.4, -0.2) is 61.3 Å². The third-order valence-electron chi connectivity index (χ3n) is 3.57. The van der Waals surface area contributed by atoms with Crippen molar-refractivity contribution >= 4 is 5.91 Å². The number of ether oxygens (including phenoxy) is 1. The van der Waals surface area contributed by atoms with Crippen molar-refractivity contribution in [3.8, 4) is 5.75 Å². The number of rotatable bonds is 5. The van der Waals surface area contributed by atoms with Gasteiger partial charge in [-0.15, -0.1) is 0 Å². The monoisotopic (exact) mass is 293 g/mol. The average molecular weight is 293 g/mol. The molecule has 21 heavy (non-hydrogen) atoms. The molecule has 1 heterocycles. The van der Waals surface area contributed by atoms with Gasteiger partial charge in [-0.2, -0.15) is 0 Å². The number of hydrogen-bond donors (Lipinski definition) is 3. The standard InChI is InChI=1S/C15H23N3O3/c1-18-6-7-21-13(10-18)9-17-15(20)14(16)8-11-2-4-12(19)5-3-11/h2-5,13-14,19H,6-10,16H2,1H3,(H,17,20). The van der Waals surface area contributed by atoms with E-state index in [2.05, 4.69) is 10.2 Å². The van der Waals surface area contributed by atoms with Gasteiger partial charge < -0.3 is 25.8 Å². The number of nitrogens with zero attached hydrogens (tertiary/aromatic N) is 1. The Balaban J connectivity index is 1.75. The lowest BCUT2D eigenvalue weighted by atomic mass is 10.1. The zero-order valence-electron chi connectivity index (χ0n) is 12.3. The van der Waals surface area contributed by atoms with Crippen LogP contribution >= 0.6 is 0 Å². The Morgan fingerprint density at radius 2 is 2.24 bits per heavy atom. The fraction of sp³-hybridized carbons (Fsp3) is 0.533. The van der Waals surface area contributed by atoms with E-state index >= 15 is 0 Å². The molecular weight excluding hydrogens is 270 g/mol. The normalized spacial score (nSPS) is 21.0. The summed E-state index contributed by atoms with van der Waals surface area (Å²) < 4.78 is 5.58. The molecule has 6 heteroatoms. The number of carbonyl (C=O) groups excluding carboxylic acids is 1. The van der Waals surface area contributed by atoms with E-state index in [9.17, 15) is 9.90 Å². The topological polar surface area (TPSA) is 87.8 Å². The van der Waals surface area contributed by atoms with Gasteiger partial charge in [0.05, 0.1) is 18.8 Å². The highest BCUT2D eigenvalue weighted by molar-refractivity contribution is 5.81. The predicted molar refractivity (Wildman–Crippen MR) is 80.0 cm³/mol. The summed E-state index contributed by atoms with van der Waals surface area (Å²) in [5.74, 6) is 0.0234. The zero-order chi connectivity index (χ0) is 15.2. The Labute approximate surface area is 124 Å². The van der Waals surface area contributed by atoms with Crippen molar-refractivity contribution < 1.29 is 14.6 Å². The Hall–Kier alpha value is -1.63. The molecule has 2 atom stereocenters. The summed E-state index contributed by atoms with van der Waals surface area (Å²) in [6.07, 6.45) is 0.464. The molecule has 0 spiro atoms. The molecule has 0 radical (unpaired) electrons. The highest BCUT2D eigenvalue weighted by atomic mass is 16.5. The van der Waals surface area contributed by atoms with Crippen LogP contribution in [0.25, 0.3) is 0 Å². The first kappa shape index (κ1) is 15.8. The van der Waals surface area contributed by atoms with E-state index in [1.165, 1.54) is 0 Å². The Bertz CT molecular complexity index is 464. The molecule has 1 aliphatic rings. The van der Waals surface area contributed by atoms with E-state index < -0.39 is 6.04 Å². The molecule has 0 aromatic heterocycles. The number of hydrogen-bond acceptors (Lipinski definition) is 5. The summed E-state index contributed by atoms with van der Waals surface area (Å²) in [7, 11) is 2.04. The number of nitrogens with two attached hydrogens (primary N) is 1. The van der Waals surface area contributed by atoms with Crippen LogP contribution in [0.2, 0.25) is 0 Å². The van der Waals surface area contributed by atoms with Gasteiger partial charge in [-0.3, -0.25) is 4.79 Å². The smallest absolute Gasteiger partial charge is 0.237 e. The zero-order valence-corrected chi connectivity index (χ0v) is 12.3. The van der Waals surface area contributed by atoms with Crippen molar-refractivity contribution in [2.75, 3.05) is 33.3 Å². The van der Waals surface area contributed by atoms with Gasteiger partial charge in [0.2, 0.25) is 5.91 Å². The maximum absolute atomic E-state index is 12.0.